The summed E-state index contributed by atoms with van der Waals surface area (Å²) in [4.78, 5) is 16.7. The summed E-state index contributed by atoms with van der Waals surface area (Å²) in [6, 6.07) is 12.5. The predicted molar refractivity (Wildman–Crippen MR) is 109 cm³/mol. The number of aromatic nitrogens is 1. The second-order valence-electron chi connectivity index (χ2n) is 6.46. The fourth-order valence-electron chi connectivity index (χ4n) is 2.52. The van der Waals surface area contributed by atoms with Gasteiger partial charge in [0.1, 0.15) is 5.75 Å². The summed E-state index contributed by atoms with van der Waals surface area (Å²) in [6.07, 6.45) is 0. The Morgan fingerprint density at radius 2 is 1.74 bits per heavy atom. The minimum absolute atomic E-state index is 0.137. The summed E-state index contributed by atoms with van der Waals surface area (Å²) in [5.41, 5.74) is 5.03. The van der Waals surface area contributed by atoms with E-state index in [9.17, 15) is 13.2 Å². The van der Waals surface area contributed by atoms with Gasteiger partial charge in [0.2, 0.25) is 5.91 Å². The zero-order chi connectivity index (χ0) is 19.6. The van der Waals surface area contributed by atoms with Crippen molar-refractivity contribution in [2.75, 3.05) is 11.1 Å². The molecule has 5 nitrogen and oxygen atoms in total. The Balaban J connectivity index is 1.70. The number of carbonyl (C=O) groups is 1. The Morgan fingerprint density at radius 1 is 1.04 bits per heavy atom. The molecule has 1 amide bonds. The van der Waals surface area contributed by atoms with Crippen LogP contribution in [0.3, 0.4) is 0 Å². The summed E-state index contributed by atoms with van der Waals surface area (Å²) in [5.74, 6) is -1.22. The number of anilines is 1. The van der Waals surface area contributed by atoms with E-state index < -0.39 is 21.5 Å². The Bertz CT molecular complexity index is 1080. The number of hydrogen-bond donors (Lipinski definition) is 1. The minimum Gasteiger partial charge on any atom is -0.301 e. The molecule has 1 heterocycles. The molecular weight excluding hydrogens is 380 g/mol. The Hall–Kier alpha value is -2.51. The lowest BCUT2D eigenvalue weighted by Gasteiger charge is -2.05. The van der Waals surface area contributed by atoms with Gasteiger partial charge in [0.25, 0.3) is 0 Å². The van der Waals surface area contributed by atoms with Gasteiger partial charge >= 0.3 is 0 Å². The third-order valence-electron chi connectivity index (χ3n) is 4.25. The van der Waals surface area contributed by atoms with Gasteiger partial charge in [-0.1, -0.05) is 29.8 Å². The molecule has 0 radical (unpaired) electrons. The van der Waals surface area contributed by atoms with Gasteiger partial charge in [-0.3, -0.25) is 4.79 Å². The first kappa shape index (κ1) is 19.3. The van der Waals surface area contributed by atoms with E-state index in [1.165, 1.54) is 29.0 Å². The molecule has 3 rings (SSSR count). The van der Waals surface area contributed by atoms with Gasteiger partial charge in [-0.25, -0.2) is 13.4 Å². The van der Waals surface area contributed by atoms with Crippen molar-refractivity contribution in [1.29, 1.82) is 0 Å². The molecule has 0 bridgehead atoms. The molecule has 7 heteroatoms. The number of rotatable bonds is 5. The lowest BCUT2D eigenvalue weighted by Crippen LogP contribution is -2.22. The second kappa shape index (κ2) is 7.62. The fraction of sp³-hybridized carbons (Fsp3) is 0.200. The van der Waals surface area contributed by atoms with Gasteiger partial charge in [0, 0.05) is 10.9 Å². The van der Waals surface area contributed by atoms with Gasteiger partial charge in [-0.2, -0.15) is 0 Å². The molecule has 0 spiro atoms. The average Bonchev–Trinajstić information content (AvgIpc) is 3.05. The van der Waals surface area contributed by atoms with Crippen LogP contribution < -0.4 is 5.32 Å². The lowest BCUT2D eigenvalue weighted by atomic mass is 10.1. The van der Waals surface area contributed by atoms with Crippen molar-refractivity contribution >= 4 is 32.2 Å². The number of aryl methyl sites for hydroxylation is 3. The van der Waals surface area contributed by atoms with Gasteiger partial charge in [0.15, 0.2) is 15.0 Å². The molecule has 2 aromatic carbocycles. The van der Waals surface area contributed by atoms with Crippen molar-refractivity contribution in [2.45, 2.75) is 25.7 Å². The number of nitrogens with one attached hydrogen (secondary N) is 1. The number of hydrogen-bond acceptors (Lipinski definition) is 5. The van der Waals surface area contributed by atoms with E-state index in [1.807, 2.05) is 44.4 Å². The summed E-state index contributed by atoms with van der Waals surface area (Å²) in [6.45, 7) is 5.95. The predicted octanol–water partition coefficient (Wildman–Crippen LogP) is 4.15. The highest BCUT2D eigenvalue weighted by Gasteiger charge is 2.20. The zero-order valence-electron chi connectivity index (χ0n) is 15.3. The van der Waals surface area contributed by atoms with Crippen molar-refractivity contribution in [3.8, 4) is 11.3 Å². The molecule has 0 aliphatic heterocycles. The minimum atomic E-state index is -3.69. The smallest absolute Gasteiger partial charge is 0.241 e. The van der Waals surface area contributed by atoms with Crippen molar-refractivity contribution in [1.82, 2.24) is 4.98 Å². The number of sulfone groups is 1. The highest BCUT2D eigenvalue weighted by Crippen LogP contribution is 2.26. The van der Waals surface area contributed by atoms with Crippen LogP contribution in [0, 0.1) is 20.8 Å². The maximum Gasteiger partial charge on any atom is 0.241 e. The molecule has 140 valence electrons. The summed E-state index contributed by atoms with van der Waals surface area (Å²) in [5, 5.41) is 4.81. The van der Waals surface area contributed by atoms with E-state index in [4.69, 9.17) is 0 Å². The van der Waals surface area contributed by atoms with E-state index in [2.05, 4.69) is 10.3 Å². The van der Waals surface area contributed by atoms with Gasteiger partial charge < -0.3 is 5.32 Å². The third-order valence-corrected chi connectivity index (χ3v) is 6.64. The summed E-state index contributed by atoms with van der Waals surface area (Å²) >= 11 is 1.27. The number of carbonyl (C=O) groups excluding carboxylic acids is 1. The summed E-state index contributed by atoms with van der Waals surface area (Å²) in [7, 11) is -3.69. The first-order valence-electron chi connectivity index (χ1n) is 8.37. The molecule has 1 aromatic heterocycles. The van der Waals surface area contributed by atoms with Crippen LogP contribution >= 0.6 is 11.3 Å². The van der Waals surface area contributed by atoms with Crippen LogP contribution in [-0.2, 0) is 14.6 Å². The monoisotopic (exact) mass is 400 g/mol. The van der Waals surface area contributed by atoms with Crippen molar-refractivity contribution in [2.24, 2.45) is 0 Å². The van der Waals surface area contributed by atoms with Crippen LogP contribution in [-0.4, -0.2) is 25.1 Å². The Labute approximate surface area is 163 Å². The quantitative estimate of drug-likeness (QED) is 0.698. The van der Waals surface area contributed by atoms with Gasteiger partial charge in [0.05, 0.1) is 10.6 Å². The van der Waals surface area contributed by atoms with Crippen LogP contribution in [0.4, 0.5) is 5.13 Å². The molecule has 0 saturated heterocycles. The Morgan fingerprint density at radius 3 is 2.41 bits per heavy atom. The van der Waals surface area contributed by atoms with E-state index in [1.54, 1.807) is 12.1 Å². The highest BCUT2D eigenvalue weighted by molar-refractivity contribution is 7.92. The summed E-state index contributed by atoms with van der Waals surface area (Å²) < 4.78 is 24.7. The SMILES string of the molecule is Cc1ccc(S(=O)(=O)CC(=O)Nc2nc(-c3ccc(C)c(C)c3)cs2)cc1. The van der Waals surface area contributed by atoms with Crippen molar-refractivity contribution in [3.05, 3.63) is 64.5 Å². The largest absolute Gasteiger partial charge is 0.301 e. The third kappa shape index (κ3) is 4.61. The van der Waals surface area contributed by atoms with Gasteiger partial charge in [-0.05, 0) is 50.1 Å². The van der Waals surface area contributed by atoms with Crippen LogP contribution in [0.2, 0.25) is 0 Å². The topological polar surface area (TPSA) is 76.1 Å². The second-order valence-corrected chi connectivity index (χ2v) is 9.30. The van der Waals surface area contributed by atoms with Crippen molar-refractivity contribution < 1.29 is 13.2 Å². The number of thiazole rings is 1. The van der Waals surface area contributed by atoms with Gasteiger partial charge in [-0.15, -0.1) is 11.3 Å². The molecule has 0 fully saturated rings. The molecule has 1 N–H and O–H groups in total. The Kier molecular flexibility index (Phi) is 5.43. The highest BCUT2D eigenvalue weighted by atomic mass is 32.2. The number of benzene rings is 2. The molecule has 27 heavy (non-hydrogen) atoms. The standard InChI is InChI=1S/C20H20N2O3S2/c1-13-4-8-17(9-5-13)27(24,25)12-19(23)22-20-21-18(11-26-20)16-7-6-14(2)15(3)10-16/h4-11H,12H2,1-3H3,(H,21,22,23). The molecule has 0 aliphatic rings. The molecular formula is C20H20N2O3S2. The van der Waals surface area contributed by atoms with Crippen molar-refractivity contribution in [3.63, 3.8) is 0 Å². The van der Waals surface area contributed by atoms with Crippen LogP contribution in [0.5, 0.6) is 0 Å². The lowest BCUT2D eigenvalue weighted by molar-refractivity contribution is -0.113. The fourth-order valence-corrected chi connectivity index (χ4v) is 4.39. The maximum atomic E-state index is 12.4. The first-order valence-corrected chi connectivity index (χ1v) is 10.9. The molecule has 0 atom stereocenters. The van der Waals surface area contributed by atoms with E-state index in [-0.39, 0.29) is 4.90 Å². The average molecular weight is 401 g/mol. The first-order chi connectivity index (χ1) is 12.7. The van der Waals surface area contributed by atoms with Crippen LogP contribution in [0.1, 0.15) is 16.7 Å². The van der Waals surface area contributed by atoms with E-state index in [0.717, 1.165) is 22.4 Å². The number of nitrogens with zero attached hydrogens (tertiary/aromatic N) is 1. The maximum absolute atomic E-state index is 12.4. The molecule has 3 aromatic rings. The zero-order valence-corrected chi connectivity index (χ0v) is 16.9. The van der Waals surface area contributed by atoms with E-state index >= 15 is 0 Å². The molecule has 0 aliphatic carbocycles. The number of amides is 1. The van der Waals surface area contributed by atoms with Crippen LogP contribution in [0.15, 0.2) is 52.7 Å². The van der Waals surface area contributed by atoms with Crippen LogP contribution in [0.25, 0.3) is 11.3 Å². The molecule has 0 unspecified atom stereocenters. The normalized spacial score (nSPS) is 11.4. The van der Waals surface area contributed by atoms with E-state index in [0.29, 0.717) is 5.13 Å². The molecule has 0 saturated carbocycles.